The highest BCUT2D eigenvalue weighted by molar-refractivity contribution is 6.36. The summed E-state index contributed by atoms with van der Waals surface area (Å²) in [5.41, 5.74) is 9.09. The Morgan fingerprint density at radius 3 is 2.42 bits per heavy atom. The normalized spacial score (nSPS) is 15.9. The number of anilines is 1. The van der Waals surface area contributed by atoms with Crippen molar-refractivity contribution in [3.8, 4) is 28.3 Å². The van der Waals surface area contributed by atoms with E-state index in [2.05, 4.69) is 5.32 Å². The molecule has 38 heavy (non-hydrogen) atoms. The lowest BCUT2D eigenvalue weighted by molar-refractivity contribution is 0.0573. The SMILES string of the molecule is CC1(C)C[C@@H](NC(=O)c2cc(F)ccc2N)c2cc(-c3ccc(Cl)cc3)c(-c3ccc(Cl)cc3Cl)nc2O1. The van der Waals surface area contributed by atoms with Gasteiger partial charge in [-0.2, -0.15) is 0 Å². The van der Waals surface area contributed by atoms with Gasteiger partial charge in [0.15, 0.2) is 0 Å². The first kappa shape index (κ1) is 26.3. The molecule has 0 bridgehead atoms. The van der Waals surface area contributed by atoms with Crippen LogP contribution >= 0.6 is 34.8 Å². The molecule has 1 amide bonds. The second kappa shape index (κ2) is 10.1. The highest BCUT2D eigenvalue weighted by atomic mass is 35.5. The van der Waals surface area contributed by atoms with Gasteiger partial charge in [-0.15, -0.1) is 0 Å². The van der Waals surface area contributed by atoms with Crippen LogP contribution in [0.4, 0.5) is 10.1 Å². The minimum absolute atomic E-state index is 0.0614. The summed E-state index contributed by atoms with van der Waals surface area (Å²) >= 11 is 18.9. The molecule has 0 aliphatic carbocycles. The first-order chi connectivity index (χ1) is 18.0. The van der Waals surface area contributed by atoms with Gasteiger partial charge in [-0.05, 0) is 74.0 Å². The molecule has 5 rings (SSSR count). The van der Waals surface area contributed by atoms with Crippen LogP contribution in [-0.4, -0.2) is 16.5 Å². The number of aromatic nitrogens is 1. The Labute approximate surface area is 234 Å². The lowest BCUT2D eigenvalue weighted by Crippen LogP contribution is -2.42. The van der Waals surface area contributed by atoms with Gasteiger partial charge in [-0.1, -0.05) is 46.9 Å². The molecule has 0 saturated carbocycles. The smallest absolute Gasteiger partial charge is 0.253 e. The van der Waals surface area contributed by atoms with E-state index in [0.29, 0.717) is 44.2 Å². The Morgan fingerprint density at radius 2 is 1.71 bits per heavy atom. The molecular weight excluding hydrogens is 548 g/mol. The Balaban J connectivity index is 1.66. The molecule has 1 aromatic heterocycles. The minimum Gasteiger partial charge on any atom is -0.471 e. The number of pyridine rings is 1. The van der Waals surface area contributed by atoms with Crippen molar-refractivity contribution in [2.75, 3.05) is 5.73 Å². The summed E-state index contributed by atoms with van der Waals surface area (Å²) in [5.74, 6) is -0.681. The van der Waals surface area contributed by atoms with E-state index in [1.807, 2.05) is 32.0 Å². The number of rotatable bonds is 4. The summed E-state index contributed by atoms with van der Waals surface area (Å²) in [6, 6.07) is 17.7. The fraction of sp³-hybridized carbons (Fsp3) is 0.172. The number of nitrogens with one attached hydrogen (secondary N) is 1. The van der Waals surface area contributed by atoms with Gasteiger partial charge < -0.3 is 15.8 Å². The molecule has 0 spiro atoms. The number of carbonyl (C=O) groups excluding carboxylic acids is 1. The second-order valence-electron chi connectivity index (χ2n) is 9.73. The number of carbonyl (C=O) groups is 1. The van der Waals surface area contributed by atoms with Crippen LogP contribution in [0.1, 0.15) is 42.2 Å². The van der Waals surface area contributed by atoms with Crippen LogP contribution in [-0.2, 0) is 0 Å². The van der Waals surface area contributed by atoms with E-state index >= 15 is 0 Å². The third kappa shape index (κ3) is 5.30. The Morgan fingerprint density at radius 1 is 1.00 bits per heavy atom. The minimum atomic E-state index is -0.658. The summed E-state index contributed by atoms with van der Waals surface area (Å²) in [6.45, 7) is 3.82. The molecule has 5 nitrogen and oxygen atoms in total. The molecule has 0 fully saturated rings. The average Bonchev–Trinajstić information content (AvgIpc) is 2.85. The Hall–Kier alpha value is -3.32. The quantitative estimate of drug-likeness (QED) is 0.243. The molecule has 1 aliphatic rings. The highest BCUT2D eigenvalue weighted by Crippen LogP contribution is 2.45. The van der Waals surface area contributed by atoms with E-state index in [4.69, 9.17) is 50.3 Å². The average molecular weight is 571 g/mol. The number of nitrogens with zero attached hydrogens (tertiary/aromatic N) is 1. The van der Waals surface area contributed by atoms with Crippen molar-refractivity contribution < 1.29 is 13.9 Å². The van der Waals surface area contributed by atoms with Crippen molar-refractivity contribution in [1.29, 1.82) is 0 Å². The van der Waals surface area contributed by atoms with Crippen LogP contribution in [0.3, 0.4) is 0 Å². The van der Waals surface area contributed by atoms with Crippen molar-refractivity contribution in [3.63, 3.8) is 0 Å². The summed E-state index contributed by atoms with van der Waals surface area (Å²) in [4.78, 5) is 18.1. The van der Waals surface area contributed by atoms with Crippen LogP contribution in [0, 0.1) is 5.82 Å². The van der Waals surface area contributed by atoms with Crippen molar-refractivity contribution >= 4 is 46.4 Å². The number of amides is 1. The molecular formula is C29H23Cl3FN3O2. The van der Waals surface area contributed by atoms with Gasteiger partial charge in [0.2, 0.25) is 5.88 Å². The van der Waals surface area contributed by atoms with E-state index in [-0.39, 0.29) is 11.3 Å². The summed E-state index contributed by atoms with van der Waals surface area (Å²) < 4.78 is 20.2. The standard InChI is InChI=1S/C29H23Cl3FN3O2/c1-29(2)14-25(35-27(37)21-12-18(33)8-10-24(21)34)22-13-20(15-3-5-16(30)6-4-15)26(36-28(22)38-29)19-9-7-17(31)11-23(19)32/h3-13,25H,14,34H2,1-2H3,(H,35,37)/t25-/m1/s1. The molecule has 3 N–H and O–H groups in total. The van der Waals surface area contributed by atoms with Gasteiger partial charge in [-0.25, -0.2) is 9.37 Å². The van der Waals surface area contributed by atoms with Crippen LogP contribution in [0.25, 0.3) is 22.4 Å². The lowest BCUT2D eigenvalue weighted by atomic mass is 9.88. The summed E-state index contributed by atoms with van der Waals surface area (Å²) in [6.07, 6.45) is 0.448. The Kier molecular flexibility index (Phi) is 6.99. The number of ether oxygens (including phenoxy) is 1. The molecule has 1 aliphatic heterocycles. The van der Waals surface area contributed by atoms with Gasteiger partial charge in [0, 0.05) is 38.8 Å². The van der Waals surface area contributed by atoms with E-state index in [1.54, 1.807) is 30.3 Å². The molecule has 0 saturated heterocycles. The number of benzene rings is 3. The molecule has 1 atom stereocenters. The molecule has 0 radical (unpaired) electrons. The van der Waals surface area contributed by atoms with Crippen LogP contribution in [0.15, 0.2) is 66.7 Å². The zero-order valence-electron chi connectivity index (χ0n) is 20.5. The third-order valence-corrected chi connectivity index (χ3v) is 7.17. The number of hydrogen-bond acceptors (Lipinski definition) is 4. The molecule has 194 valence electrons. The van der Waals surface area contributed by atoms with Gasteiger partial charge in [0.05, 0.1) is 22.3 Å². The van der Waals surface area contributed by atoms with Crippen molar-refractivity contribution in [2.45, 2.75) is 31.9 Å². The van der Waals surface area contributed by atoms with Gasteiger partial charge >= 0.3 is 0 Å². The van der Waals surface area contributed by atoms with Gasteiger partial charge in [0.25, 0.3) is 5.91 Å². The maximum atomic E-state index is 13.9. The first-order valence-electron chi connectivity index (χ1n) is 11.8. The third-order valence-electron chi connectivity index (χ3n) is 6.37. The van der Waals surface area contributed by atoms with Crippen molar-refractivity contribution in [3.05, 3.63) is 98.7 Å². The highest BCUT2D eigenvalue weighted by Gasteiger charge is 2.37. The maximum absolute atomic E-state index is 13.9. The fourth-order valence-electron chi connectivity index (χ4n) is 4.57. The van der Waals surface area contributed by atoms with E-state index in [1.165, 1.54) is 12.1 Å². The van der Waals surface area contributed by atoms with E-state index < -0.39 is 23.4 Å². The second-order valence-corrected chi connectivity index (χ2v) is 11.0. The van der Waals surface area contributed by atoms with Gasteiger partial charge in [-0.3, -0.25) is 4.79 Å². The van der Waals surface area contributed by atoms with Crippen LogP contribution in [0.2, 0.25) is 15.1 Å². The molecule has 9 heteroatoms. The number of halogens is 4. The topological polar surface area (TPSA) is 77.2 Å². The van der Waals surface area contributed by atoms with Crippen molar-refractivity contribution in [2.24, 2.45) is 0 Å². The van der Waals surface area contributed by atoms with Crippen LogP contribution in [0.5, 0.6) is 5.88 Å². The number of hydrogen-bond donors (Lipinski definition) is 2. The van der Waals surface area contributed by atoms with Crippen LogP contribution < -0.4 is 15.8 Å². The van der Waals surface area contributed by atoms with Crippen molar-refractivity contribution in [1.82, 2.24) is 10.3 Å². The molecule has 2 heterocycles. The Bertz CT molecular complexity index is 1560. The van der Waals surface area contributed by atoms with Gasteiger partial charge in [0.1, 0.15) is 11.4 Å². The summed E-state index contributed by atoms with van der Waals surface area (Å²) in [5, 5.41) is 4.54. The van der Waals surface area contributed by atoms with E-state index in [9.17, 15) is 9.18 Å². The molecule has 4 aromatic rings. The predicted octanol–water partition coefficient (Wildman–Crippen LogP) is 8.13. The number of fused-ring (bicyclic) bond motifs is 1. The lowest BCUT2D eigenvalue weighted by Gasteiger charge is -2.37. The summed E-state index contributed by atoms with van der Waals surface area (Å²) in [7, 11) is 0. The number of nitrogens with two attached hydrogens (primary N) is 1. The molecule has 3 aromatic carbocycles. The first-order valence-corrected chi connectivity index (χ1v) is 13.0. The predicted molar refractivity (Wildman–Crippen MR) is 150 cm³/mol. The zero-order chi connectivity index (χ0) is 27.2. The van der Waals surface area contributed by atoms with E-state index in [0.717, 1.165) is 17.2 Å². The zero-order valence-corrected chi connectivity index (χ0v) is 22.8. The maximum Gasteiger partial charge on any atom is 0.253 e. The monoisotopic (exact) mass is 569 g/mol. The molecule has 0 unspecified atom stereocenters. The largest absolute Gasteiger partial charge is 0.471 e. The fourth-order valence-corrected chi connectivity index (χ4v) is 5.20. The number of nitrogen functional groups attached to an aromatic ring is 1.